The number of methoxy groups -OCH3 is 1. The third-order valence-corrected chi connectivity index (χ3v) is 6.81. The Hall–Kier alpha value is -3.59. The Morgan fingerprint density at radius 3 is 2.36 bits per heavy atom. The van der Waals surface area contributed by atoms with Crippen molar-refractivity contribution in [3.63, 3.8) is 0 Å². The van der Waals surface area contributed by atoms with Crippen molar-refractivity contribution in [2.45, 2.75) is 52.0 Å². The molecule has 36 heavy (non-hydrogen) atoms. The number of piperazine rings is 1. The number of carbonyl (C=O) groups excluding carboxylic acids is 3. The summed E-state index contributed by atoms with van der Waals surface area (Å²) in [7, 11) is 3.34. The number of nitrogens with zero attached hydrogens (tertiary/aromatic N) is 4. The molecule has 0 unspecified atom stereocenters. The zero-order valence-corrected chi connectivity index (χ0v) is 21.4. The number of amides is 4. The fraction of sp³-hybridized carbons (Fsp3) is 0.444. The second-order valence-electron chi connectivity index (χ2n) is 9.46. The molecule has 192 valence electrons. The van der Waals surface area contributed by atoms with E-state index in [1.54, 1.807) is 34.0 Å². The van der Waals surface area contributed by atoms with Crippen LogP contribution in [0, 0.1) is 6.92 Å². The van der Waals surface area contributed by atoms with Crippen molar-refractivity contribution in [3.8, 4) is 5.75 Å². The first-order valence-electron chi connectivity index (χ1n) is 12.4. The average molecular weight is 494 g/mol. The van der Waals surface area contributed by atoms with Crippen molar-refractivity contribution in [3.05, 3.63) is 65.2 Å². The second-order valence-corrected chi connectivity index (χ2v) is 9.46. The predicted octanol–water partition coefficient (Wildman–Crippen LogP) is 2.74. The molecule has 0 aliphatic carbocycles. The number of fused-ring (bicyclic) bond motifs is 1. The molecule has 9 nitrogen and oxygen atoms in total. The number of aryl methyl sites for hydroxylation is 1. The van der Waals surface area contributed by atoms with Crippen molar-refractivity contribution in [1.82, 2.24) is 25.1 Å². The van der Waals surface area contributed by atoms with E-state index in [0.29, 0.717) is 19.5 Å². The number of nitrogens with one attached hydrogen (secondary N) is 1. The van der Waals surface area contributed by atoms with Gasteiger partial charge in [0.25, 0.3) is 0 Å². The summed E-state index contributed by atoms with van der Waals surface area (Å²) in [4.78, 5) is 43.5. The topological polar surface area (TPSA) is 85.4 Å². The summed E-state index contributed by atoms with van der Waals surface area (Å²) in [6, 6.07) is 14.7. The van der Waals surface area contributed by atoms with Gasteiger partial charge in [-0.1, -0.05) is 55.3 Å². The van der Waals surface area contributed by atoms with Crippen LogP contribution in [0.3, 0.4) is 0 Å². The van der Waals surface area contributed by atoms with Gasteiger partial charge in [0.05, 0.1) is 20.2 Å². The molecule has 2 aromatic rings. The average Bonchev–Trinajstić information content (AvgIpc) is 2.86. The van der Waals surface area contributed by atoms with Gasteiger partial charge in [-0.25, -0.2) is 14.8 Å². The van der Waals surface area contributed by atoms with Gasteiger partial charge < -0.3 is 19.9 Å². The van der Waals surface area contributed by atoms with Crippen LogP contribution in [0.2, 0.25) is 0 Å². The molecule has 2 atom stereocenters. The number of hydrogen-bond donors (Lipinski definition) is 1. The Morgan fingerprint density at radius 1 is 1.06 bits per heavy atom. The third-order valence-electron chi connectivity index (χ3n) is 6.81. The maximum Gasteiger partial charge on any atom is 0.334 e. The van der Waals surface area contributed by atoms with Gasteiger partial charge >= 0.3 is 6.03 Å². The SMILES string of the molecule is CCC[C@H]1C(=O)N(Cc2ccc(C)cc2)C[C@H]2N1C(=O)CN(C)N2C(=O)NCc1ccc(OC)cc1. The molecule has 2 aliphatic rings. The van der Waals surface area contributed by atoms with Crippen molar-refractivity contribution < 1.29 is 19.1 Å². The first-order chi connectivity index (χ1) is 17.3. The zero-order valence-electron chi connectivity index (χ0n) is 21.4. The Balaban J connectivity index is 1.56. The van der Waals surface area contributed by atoms with Crippen LogP contribution in [-0.4, -0.2) is 77.1 Å². The predicted molar refractivity (Wildman–Crippen MR) is 136 cm³/mol. The van der Waals surface area contributed by atoms with Crippen LogP contribution in [0.4, 0.5) is 4.79 Å². The van der Waals surface area contributed by atoms with E-state index in [-0.39, 0.29) is 30.9 Å². The summed E-state index contributed by atoms with van der Waals surface area (Å²) in [5.74, 6) is 0.547. The van der Waals surface area contributed by atoms with Crippen molar-refractivity contribution in [1.29, 1.82) is 0 Å². The van der Waals surface area contributed by atoms with Gasteiger partial charge in [0.15, 0.2) is 0 Å². The van der Waals surface area contributed by atoms with Crippen molar-refractivity contribution >= 4 is 17.8 Å². The molecule has 2 saturated heterocycles. The smallest absolute Gasteiger partial charge is 0.334 e. The highest BCUT2D eigenvalue weighted by Gasteiger charge is 2.50. The molecule has 4 rings (SSSR count). The van der Waals surface area contributed by atoms with E-state index < -0.39 is 12.2 Å². The van der Waals surface area contributed by atoms with Crippen LogP contribution in [0.5, 0.6) is 5.75 Å². The summed E-state index contributed by atoms with van der Waals surface area (Å²) in [5.41, 5.74) is 3.10. The monoisotopic (exact) mass is 493 g/mol. The molecule has 9 heteroatoms. The molecule has 1 N–H and O–H groups in total. The van der Waals surface area contributed by atoms with Gasteiger partial charge in [-0.15, -0.1) is 0 Å². The fourth-order valence-corrected chi connectivity index (χ4v) is 4.91. The van der Waals surface area contributed by atoms with Gasteiger partial charge in [-0.2, -0.15) is 0 Å². The minimum Gasteiger partial charge on any atom is -0.497 e. The van der Waals surface area contributed by atoms with Crippen molar-refractivity contribution in [2.24, 2.45) is 0 Å². The standard InChI is InChI=1S/C27H35N5O4/c1-5-6-23-26(34)30(16-21-9-7-19(2)8-10-21)17-24-31(23)25(33)18-29(3)32(24)27(35)28-15-20-11-13-22(36-4)14-12-20/h7-14,23-24H,5-6,15-18H2,1-4H3,(H,28,35)/t23-,24-/m0/s1. The van der Waals surface area contributed by atoms with E-state index in [1.165, 1.54) is 0 Å². The van der Waals surface area contributed by atoms with E-state index in [4.69, 9.17) is 4.74 Å². The lowest BCUT2D eigenvalue weighted by atomic mass is 10.0. The summed E-state index contributed by atoms with van der Waals surface area (Å²) < 4.78 is 5.20. The highest BCUT2D eigenvalue weighted by molar-refractivity contribution is 5.91. The van der Waals surface area contributed by atoms with Crippen molar-refractivity contribution in [2.75, 3.05) is 27.2 Å². The summed E-state index contributed by atoms with van der Waals surface area (Å²) >= 11 is 0. The number of likely N-dealkylation sites (N-methyl/N-ethyl adjacent to an activating group) is 1. The lowest BCUT2D eigenvalue weighted by Gasteiger charge is -2.54. The molecule has 4 amide bonds. The molecule has 0 aromatic heterocycles. The van der Waals surface area contributed by atoms with Gasteiger partial charge in [-0.3, -0.25) is 9.59 Å². The molecule has 2 fully saturated rings. The van der Waals surface area contributed by atoms with Gasteiger partial charge in [-0.05, 0) is 36.6 Å². The zero-order chi connectivity index (χ0) is 25.8. The number of hydrazine groups is 1. The summed E-state index contributed by atoms with van der Waals surface area (Å²) in [5, 5.41) is 6.21. The van der Waals surface area contributed by atoms with E-state index >= 15 is 0 Å². The maximum absolute atomic E-state index is 13.5. The second kappa shape index (κ2) is 11.0. The normalized spacial score (nSPS) is 20.4. The lowest BCUT2D eigenvalue weighted by Crippen LogP contribution is -2.75. The number of hydrogen-bond acceptors (Lipinski definition) is 5. The van der Waals surface area contributed by atoms with Crippen LogP contribution in [0.1, 0.15) is 36.5 Å². The quantitative estimate of drug-likeness (QED) is 0.641. The third kappa shape index (κ3) is 5.31. The lowest BCUT2D eigenvalue weighted by molar-refractivity contribution is -0.188. The van der Waals surface area contributed by atoms with Crippen LogP contribution in [-0.2, 0) is 22.7 Å². The van der Waals surface area contributed by atoms with Gasteiger partial charge in [0.2, 0.25) is 11.8 Å². The largest absolute Gasteiger partial charge is 0.497 e. The Labute approximate surface area is 212 Å². The minimum atomic E-state index is -0.586. The van der Waals surface area contributed by atoms with Crippen LogP contribution >= 0.6 is 0 Å². The van der Waals surface area contributed by atoms with Crippen LogP contribution < -0.4 is 10.1 Å². The number of carbonyl (C=O) groups is 3. The van der Waals surface area contributed by atoms with Gasteiger partial charge in [0.1, 0.15) is 18.0 Å². The van der Waals surface area contributed by atoms with E-state index in [0.717, 1.165) is 28.9 Å². The fourth-order valence-electron chi connectivity index (χ4n) is 4.91. The molecule has 0 saturated carbocycles. The number of benzene rings is 2. The highest BCUT2D eigenvalue weighted by Crippen LogP contribution is 2.29. The molecule has 2 aromatic carbocycles. The first kappa shape index (κ1) is 25.5. The number of ether oxygens (including phenoxy) is 1. The molecule has 2 aliphatic heterocycles. The molecular formula is C27H35N5O4. The summed E-state index contributed by atoms with van der Waals surface area (Å²) in [6.07, 6.45) is 0.730. The first-order valence-corrected chi connectivity index (χ1v) is 12.4. The Morgan fingerprint density at radius 2 is 1.72 bits per heavy atom. The molecular weight excluding hydrogens is 458 g/mol. The van der Waals surface area contributed by atoms with Gasteiger partial charge in [0, 0.05) is 20.1 Å². The summed E-state index contributed by atoms with van der Waals surface area (Å²) in [6.45, 7) is 5.08. The van der Waals surface area contributed by atoms with Crippen LogP contribution in [0.25, 0.3) is 0 Å². The van der Waals surface area contributed by atoms with E-state index in [2.05, 4.69) is 5.32 Å². The number of urea groups is 1. The molecule has 0 radical (unpaired) electrons. The van der Waals surface area contributed by atoms with E-state index in [9.17, 15) is 14.4 Å². The molecule has 0 spiro atoms. The number of rotatable bonds is 7. The maximum atomic E-state index is 13.5. The minimum absolute atomic E-state index is 0.0396. The Kier molecular flexibility index (Phi) is 7.79. The van der Waals surface area contributed by atoms with E-state index in [1.807, 2.05) is 62.4 Å². The highest BCUT2D eigenvalue weighted by atomic mass is 16.5. The molecule has 0 bridgehead atoms. The Bertz CT molecular complexity index is 1090. The molecule has 2 heterocycles. The van der Waals surface area contributed by atoms with Crippen LogP contribution in [0.15, 0.2) is 48.5 Å².